The molecule has 0 unspecified atom stereocenters. The van der Waals surface area contributed by atoms with Crippen molar-refractivity contribution in [1.29, 1.82) is 0 Å². The van der Waals surface area contributed by atoms with E-state index in [4.69, 9.17) is 11.6 Å². The highest BCUT2D eigenvalue weighted by Gasteiger charge is 2.44. The average molecular weight is 413 g/mol. The highest BCUT2D eigenvalue weighted by atomic mass is 35.5. The minimum absolute atomic E-state index is 0.116. The maximum Gasteiger partial charge on any atom is 0.471 e. The Morgan fingerprint density at radius 3 is 2.12 bits per heavy atom. The molecule has 1 aromatic carbocycles. The average Bonchev–Trinajstić information content (AvgIpc) is 2.54. The van der Waals surface area contributed by atoms with Crippen molar-refractivity contribution in [3.8, 4) is 0 Å². The van der Waals surface area contributed by atoms with Crippen LogP contribution >= 0.6 is 11.6 Å². The second-order valence-electron chi connectivity index (χ2n) is 6.81. The van der Waals surface area contributed by atoms with Crippen molar-refractivity contribution < 1.29 is 26.4 Å². The van der Waals surface area contributed by atoms with Crippen LogP contribution in [0.5, 0.6) is 0 Å². The normalized spacial score (nSPS) is 17.9. The van der Waals surface area contributed by atoms with Crippen molar-refractivity contribution >= 4 is 27.5 Å². The fourth-order valence-corrected chi connectivity index (χ4v) is 4.63. The largest absolute Gasteiger partial charge is 0.471 e. The number of nitrogens with one attached hydrogen (secondary N) is 1. The molecule has 0 spiro atoms. The molecule has 146 valence electrons. The van der Waals surface area contributed by atoms with E-state index < -0.39 is 27.6 Å². The zero-order chi connectivity index (χ0) is 19.8. The molecule has 1 N–H and O–H groups in total. The van der Waals surface area contributed by atoms with Gasteiger partial charge in [0.15, 0.2) is 0 Å². The number of amides is 1. The molecule has 1 aromatic rings. The highest BCUT2D eigenvalue weighted by Crippen LogP contribution is 2.31. The molecule has 1 aliphatic heterocycles. The van der Waals surface area contributed by atoms with Gasteiger partial charge in [0.1, 0.15) is 0 Å². The molecule has 0 aromatic heterocycles. The predicted octanol–water partition coefficient (Wildman–Crippen LogP) is 3.20. The molecule has 1 aliphatic rings. The SMILES string of the molecule is CC(C)(NC(=O)C(F)(F)F)C1CCN(S(=O)(=O)c2ccc(Cl)cc2)CC1. The van der Waals surface area contributed by atoms with Crippen LogP contribution in [0.4, 0.5) is 13.2 Å². The molecular formula is C16H20ClF3N2O3S. The van der Waals surface area contributed by atoms with E-state index in [0.717, 1.165) is 0 Å². The van der Waals surface area contributed by atoms with Gasteiger partial charge in [-0.2, -0.15) is 17.5 Å². The van der Waals surface area contributed by atoms with E-state index >= 15 is 0 Å². The lowest BCUT2D eigenvalue weighted by Gasteiger charge is -2.40. The van der Waals surface area contributed by atoms with Crippen LogP contribution in [-0.2, 0) is 14.8 Å². The minimum atomic E-state index is -4.95. The molecule has 0 radical (unpaired) electrons. The number of benzene rings is 1. The number of hydrogen-bond acceptors (Lipinski definition) is 3. The van der Waals surface area contributed by atoms with Crippen LogP contribution in [0.2, 0.25) is 5.02 Å². The lowest BCUT2D eigenvalue weighted by atomic mass is 9.80. The molecule has 1 amide bonds. The smallest absolute Gasteiger partial charge is 0.343 e. The van der Waals surface area contributed by atoms with Crippen molar-refractivity contribution in [2.45, 2.75) is 43.3 Å². The van der Waals surface area contributed by atoms with Crippen LogP contribution in [0.1, 0.15) is 26.7 Å². The third kappa shape index (κ3) is 4.69. The molecule has 26 heavy (non-hydrogen) atoms. The van der Waals surface area contributed by atoms with Gasteiger partial charge in [0.2, 0.25) is 10.0 Å². The first-order valence-corrected chi connectivity index (χ1v) is 9.81. The van der Waals surface area contributed by atoms with Gasteiger partial charge >= 0.3 is 12.1 Å². The number of sulfonamides is 1. The maximum atomic E-state index is 12.6. The minimum Gasteiger partial charge on any atom is -0.343 e. The molecule has 10 heteroatoms. The number of halogens is 4. The van der Waals surface area contributed by atoms with Crippen molar-refractivity contribution in [1.82, 2.24) is 9.62 Å². The van der Waals surface area contributed by atoms with Gasteiger partial charge in [-0.1, -0.05) is 11.6 Å². The third-order valence-corrected chi connectivity index (χ3v) is 6.78. The summed E-state index contributed by atoms with van der Waals surface area (Å²) in [6, 6.07) is 5.79. The van der Waals surface area contributed by atoms with Crippen LogP contribution in [-0.4, -0.2) is 43.4 Å². The summed E-state index contributed by atoms with van der Waals surface area (Å²) < 4.78 is 64.0. The van der Waals surface area contributed by atoms with E-state index in [1.54, 1.807) is 0 Å². The van der Waals surface area contributed by atoms with Crippen molar-refractivity contribution in [3.05, 3.63) is 29.3 Å². The number of rotatable bonds is 4. The van der Waals surface area contributed by atoms with Gasteiger partial charge in [-0.05, 0) is 56.9 Å². The van der Waals surface area contributed by atoms with Crippen LogP contribution in [0, 0.1) is 5.92 Å². The summed E-state index contributed by atoms with van der Waals surface area (Å²) in [5, 5.41) is 2.43. The summed E-state index contributed by atoms with van der Waals surface area (Å²) in [5.41, 5.74) is -1.09. The van der Waals surface area contributed by atoms with Gasteiger partial charge in [0.05, 0.1) is 4.90 Å². The van der Waals surface area contributed by atoms with Gasteiger partial charge in [-0.3, -0.25) is 4.79 Å². The van der Waals surface area contributed by atoms with E-state index in [1.165, 1.54) is 42.4 Å². The Morgan fingerprint density at radius 2 is 1.65 bits per heavy atom. The predicted molar refractivity (Wildman–Crippen MR) is 91.2 cm³/mol. The Hall–Kier alpha value is -1.32. The first kappa shape index (κ1) is 21.0. The lowest BCUT2D eigenvalue weighted by molar-refractivity contribution is -0.176. The number of carbonyl (C=O) groups is 1. The van der Waals surface area contributed by atoms with Crippen LogP contribution in [0.3, 0.4) is 0 Å². The van der Waals surface area contributed by atoms with Gasteiger partial charge in [0, 0.05) is 23.7 Å². The fourth-order valence-electron chi connectivity index (χ4n) is 3.04. The number of alkyl halides is 3. The van der Waals surface area contributed by atoms with Gasteiger partial charge < -0.3 is 5.32 Å². The Bertz CT molecular complexity index is 756. The van der Waals surface area contributed by atoms with Crippen LogP contribution in [0.15, 0.2) is 29.2 Å². The van der Waals surface area contributed by atoms with Crippen LogP contribution in [0.25, 0.3) is 0 Å². The molecule has 1 fully saturated rings. The Labute approximate surface area is 155 Å². The second-order valence-corrected chi connectivity index (χ2v) is 9.18. The first-order chi connectivity index (χ1) is 11.8. The van der Waals surface area contributed by atoms with E-state index in [-0.39, 0.29) is 23.9 Å². The van der Waals surface area contributed by atoms with Crippen LogP contribution < -0.4 is 5.32 Å². The quantitative estimate of drug-likeness (QED) is 0.825. The molecule has 1 saturated heterocycles. The highest BCUT2D eigenvalue weighted by molar-refractivity contribution is 7.89. The summed E-state index contributed by atoms with van der Waals surface area (Å²) in [4.78, 5) is 11.3. The second kappa shape index (κ2) is 7.36. The van der Waals surface area contributed by atoms with Crippen molar-refractivity contribution in [2.24, 2.45) is 5.92 Å². The van der Waals surface area contributed by atoms with Gasteiger partial charge in [-0.25, -0.2) is 8.42 Å². The van der Waals surface area contributed by atoms with Crippen molar-refractivity contribution in [2.75, 3.05) is 13.1 Å². The Balaban J connectivity index is 2.04. The zero-order valence-corrected chi connectivity index (χ0v) is 15.9. The van der Waals surface area contributed by atoms with E-state index in [9.17, 15) is 26.4 Å². The molecule has 2 rings (SSSR count). The van der Waals surface area contributed by atoms with Gasteiger partial charge in [-0.15, -0.1) is 0 Å². The van der Waals surface area contributed by atoms with E-state index in [2.05, 4.69) is 0 Å². The summed E-state index contributed by atoms with van der Waals surface area (Å²) >= 11 is 5.77. The summed E-state index contributed by atoms with van der Waals surface area (Å²) in [5.74, 6) is -2.26. The number of carbonyl (C=O) groups excluding carboxylic acids is 1. The summed E-state index contributed by atoms with van der Waals surface area (Å²) in [6.07, 6.45) is -4.26. The fraction of sp³-hybridized carbons (Fsp3) is 0.562. The molecular weight excluding hydrogens is 393 g/mol. The molecule has 0 saturated carbocycles. The molecule has 0 bridgehead atoms. The van der Waals surface area contributed by atoms with Crippen molar-refractivity contribution in [3.63, 3.8) is 0 Å². The van der Waals surface area contributed by atoms with Gasteiger partial charge in [0.25, 0.3) is 0 Å². The Kier molecular flexibility index (Phi) is 5.94. The first-order valence-electron chi connectivity index (χ1n) is 7.99. The molecule has 0 atom stereocenters. The summed E-state index contributed by atoms with van der Waals surface area (Å²) in [7, 11) is -3.69. The maximum absolute atomic E-state index is 12.6. The summed E-state index contributed by atoms with van der Waals surface area (Å²) in [6.45, 7) is 3.37. The topological polar surface area (TPSA) is 66.5 Å². The monoisotopic (exact) mass is 412 g/mol. The molecule has 1 heterocycles. The standard InChI is InChI=1S/C16H20ClF3N2O3S/c1-15(2,21-14(23)16(18,19)20)11-7-9-22(10-8-11)26(24,25)13-5-3-12(17)4-6-13/h3-6,11H,7-10H2,1-2H3,(H,21,23). The lowest BCUT2D eigenvalue weighted by Crippen LogP contribution is -2.55. The van der Waals surface area contributed by atoms with E-state index in [0.29, 0.717) is 17.9 Å². The number of piperidine rings is 1. The van der Waals surface area contributed by atoms with E-state index in [1.807, 2.05) is 5.32 Å². The molecule has 5 nitrogen and oxygen atoms in total. The number of nitrogens with zero attached hydrogens (tertiary/aromatic N) is 1. The molecule has 0 aliphatic carbocycles. The zero-order valence-electron chi connectivity index (χ0n) is 14.3. The third-order valence-electron chi connectivity index (χ3n) is 4.62. The Morgan fingerprint density at radius 1 is 1.15 bits per heavy atom. The number of hydrogen-bond donors (Lipinski definition) is 1.